The fourth-order valence-electron chi connectivity index (χ4n) is 2.42. The molecule has 1 amide bonds. The van der Waals surface area contributed by atoms with Crippen LogP contribution in [0.4, 0.5) is 5.69 Å². The number of carbonyl (C=O) groups is 1. The molecular formula is C21H27NO5. The van der Waals surface area contributed by atoms with Crippen LogP contribution in [0.1, 0.15) is 37.0 Å². The first-order valence-electron chi connectivity index (χ1n) is 9.05. The average Bonchev–Trinajstić information content (AvgIpc) is 2.70. The third-order valence-electron chi connectivity index (χ3n) is 3.77. The van der Waals surface area contributed by atoms with Crippen molar-refractivity contribution in [3.05, 3.63) is 42.0 Å². The Bertz CT molecular complexity index is 760. The Labute approximate surface area is 160 Å². The molecule has 0 atom stereocenters. The van der Waals surface area contributed by atoms with E-state index >= 15 is 0 Å². The lowest BCUT2D eigenvalue weighted by Crippen LogP contribution is -2.12. The number of hydrogen-bond acceptors (Lipinski definition) is 5. The molecule has 2 aromatic rings. The first-order chi connectivity index (χ1) is 13.1. The van der Waals surface area contributed by atoms with Gasteiger partial charge in [0, 0.05) is 17.3 Å². The molecule has 0 spiro atoms. The molecule has 0 fully saturated rings. The Morgan fingerprint density at radius 2 is 1.44 bits per heavy atom. The quantitative estimate of drug-likeness (QED) is 0.663. The topological polar surface area (TPSA) is 66.0 Å². The van der Waals surface area contributed by atoms with E-state index < -0.39 is 0 Å². The predicted octanol–water partition coefficient (Wildman–Crippen LogP) is 4.53. The molecule has 27 heavy (non-hydrogen) atoms. The summed E-state index contributed by atoms with van der Waals surface area (Å²) in [7, 11) is 3.12. The van der Waals surface area contributed by atoms with Crippen molar-refractivity contribution in [1.82, 2.24) is 0 Å². The Morgan fingerprint density at radius 1 is 0.815 bits per heavy atom. The zero-order chi connectivity index (χ0) is 19.6. The SMILES string of the molecule is CCCOc1ccc(C(=O)Nc2ccc(OC)c(OC)c2)cc1OCCC. The third-order valence-corrected chi connectivity index (χ3v) is 3.77. The lowest BCUT2D eigenvalue weighted by molar-refractivity contribution is 0.102. The van der Waals surface area contributed by atoms with E-state index in [0.29, 0.717) is 47.5 Å². The lowest BCUT2D eigenvalue weighted by atomic mass is 10.1. The number of rotatable bonds is 10. The normalized spacial score (nSPS) is 10.2. The molecule has 0 saturated heterocycles. The van der Waals surface area contributed by atoms with Crippen LogP contribution in [-0.4, -0.2) is 33.3 Å². The maximum Gasteiger partial charge on any atom is 0.255 e. The molecule has 0 bridgehead atoms. The van der Waals surface area contributed by atoms with Gasteiger partial charge in [-0.1, -0.05) is 13.8 Å². The van der Waals surface area contributed by atoms with E-state index in [4.69, 9.17) is 18.9 Å². The van der Waals surface area contributed by atoms with Gasteiger partial charge in [0.05, 0.1) is 27.4 Å². The first-order valence-corrected chi connectivity index (χ1v) is 9.05. The van der Waals surface area contributed by atoms with Crippen LogP contribution in [0.5, 0.6) is 23.0 Å². The fourth-order valence-corrected chi connectivity index (χ4v) is 2.42. The molecule has 0 heterocycles. The van der Waals surface area contributed by atoms with Gasteiger partial charge in [0.2, 0.25) is 0 Å². The van der Waals surface area contributed by atoms with E-state index in [1.165, 1.54) is 0 Å². The molecule has 6 nitrogen and oxygen atoms in total. The van der Waals surface area contributed by atoms with Gasteiger partial charge in [0.15, 0.2) is 23.0 Å². The van der Waals surface area contributed by atoms with Gasteiger partial charge in [-0.25, -0.2) is 0 Å². The molecule has 2 aromatic carbocycles. The monoisotopic (exact) mass is 373 g/mol. The van der Waals surface area contributed by atoms with Crippen LogP contribution in [0.25, 0.3) is 0 Å². The van der Waals surface area contributed by atoms with Gasteiger partial charge < -0.3 is 24.3 Å². The molecule has 0 aliphatic heterocycles. The van der Waals surface area contributed by atoms with Crippen molar-refractivity contribution in [3.63, 3.8) is 0 Å². The number of carbonyl (C=O) groups excluding carboxylic acids is 1. The molecular weight excluding hydrogens is 346 g/mol. The second kappa shape index (κ2) is 10.3. The van der Waals surface area contributed by atoms with Crippen molar-refractivity contribution in [2.75, 3.05) is 32.8 Å². The molecule has 0 aliphatic carbocycles. The first kappa shape index (κ1) is 20.4. The Hall–Kier alpha value is -2.89. The highest BCUT2D eigenvalue weighted by Gasteiger charge is 2.13. The van der Waals surface area contributed by atoms with E-state index in [2.05, 4.69) is 5.32 Å². The Balaban J connectivity index is 2.19. The second-order valence-electron chi connectivity index (χ2n) is 5.88. The number of benzene rings is 2. The number of nitrogens with one attached hydrogen (secondary N) is 1. The van der Waals surface area contributed by atoms with E-state index in [-0.39, 0.29) is 5.91 Å². The summed E-state index contributed by atoms with van der Waals surface area (Å²) in [4.78, 5) is 12.6. The highest BCUT2D eigenvalue weighted by molar-refractivity contribution is 6.04. The summed E-state index contributed by atoms with van der Waals surface area (Å²) in [5.74, 6) is 2.12. The van der Waals surface area contributed by atoms with Crippen LogP contribution in [0.3, 0.4) is 0 Å². The Morgan fingerprint density at radius 3 is 2.07 bits per heavy atom. The molecule has 0 aliphatic rings. The van der Waals surface area contributed by atoms with Gasteiger partial charge in [0.25, 0.3) is 5.91 Å². The van der Waals surface area contributed by atoms with Crippen molar-refractivity contribution in [2.45, 2.75) is 26.7 Å². The van der Waals surface area contributed by atoms with Gasteiger partial charge in [-0.2, -0.15) is 0 Å². The lowest BCUT2D eigenvalue weighted by Gasteiger charge is -2.14. The summed E-state index contributed by atoms with van der Waals surface area (Å²) in [6.45, 7) is 5.22. The van der Waals surface area contributed by atoms with Gasteiger partial charge in [-0.05, 0) is 43.2 Å². The van der Waals surface area contributed by atoms with Gasteiger partial charge in [-0.3, -0.25) is 4.79 Å². The van der Waals surface area contributed by atoms with Crippen LogP contribution in [0.15, 0.2) is 36.4 Å². The van der Waals surface area contributed by atoms with Crippen molar-refractivity contribution >= 4 is 11.6 Å². The minimum atomic E-state index is -0.245. The zero-order valence-corrected chi connectivity index (χ0v) is 16.3. The summed E-state index contributed by atoms with van der Waals surface area (Å²) in [5.41, 5.74) is 1.10. The van der Waals surface area contributed by atoms with Gasteiger partial charge in [-0.15, -0.1) is 0 Å². The van der Waals surface area contributed by atoms with Crippen molar-refractivity contribution < 1.29 is 23.7 Å². The number of anilines is 1. The maximum atomic E-state index is 12.6. The average molecular weight is 373 g/mol. The minimum absolute atomic E-state index is 0.245. The summed E-state index contributed by atoms with van der Waals surface area (Å²) in [5, 5.41) is 2.86. The van der Waals surface area contributed by atoms with E-state index in [9.17, 15) is 4.79 Å². The molecule has 2 rings (SSSR count). The molecule has 0 aromatic heterocycles. The van der Waals surface area contributed by atoms with Crippen molar-refractivity contribution in [1.29, 1.82) is 0 Å². The zero-order valence-electron chi connectivity index (χ0n) is 16.3. The molecule has 146 valence electrons. The smallest absolute Gasteiger partial charge is 0.255 e. The molecule has 0 unspecified atom stereocenters. The largest absolute Gasteiger partial charge is 0.493 e. The van der Waals surface area contributed by atoms with Crippen LogP contribution in [-0.2, 0) is 0 Å². The molecule has 0 saturated carbocycles. The Kier molecular flexibility index (Phi) is 7.79. The minimum Gasteiger partial charge on any atom is -0.493 e. The maximum absolute atomic E-state index is 12.6. The van der Waals surface area contributed by atoms with Crippen molar-refractivity contribution in [2.24, 2.45) is 0 Å². The van der Waals surface area contributed by atoms with E-state index in [1.54, 1.807) is 50.6 Å². The third kappa shape index (κ3) is 5.54. The van der Waals surface area contributed by atoms with E-state index in [0.717, 1.165) is 12.8 Å². The van der Waals surface area contributed by atoms with Crippen LogP contribution in [0.2, 0.25) is 0 Å². The summed E-state index contributed by atoms with van der Waals surface area (Å²) >= 11 is 0. The highest BCUT2D eigenvalue weighted by atomic mass is 16.5. The number of methoxy groups -OCH3 is 2. The number of ether oxygens (including phenoxy) is 4. The summed E-state index contributed by atoms with van der Waals surface area (Å²) in [6.07, 6.45) is 1.77. The molecule has 0 radical (unpaired) electrons. The van der Waals surface area contributed by atoms with Gasteiger partial charge in [0.1, 0.15) is 0 Å². The second-order valence-corrected chi connectivity index (χ2v) is 5.88. The fraction of sp³-hybridized carbons (Fsp3) is 0.381. The molecule has 6 heteroatoms. The predicted molar refractivity (Wildman–Crippen MR) is 106 cm³/mol. The standard InChI is InChI=1S/C21H27NO5/c1-5-11-26-18-9-7-15(13-20(18)27-12-6-2)21(23)22-16-8-10-17(24-3)19(14-16)25-4/h7-10,13-14H,5-6,11-12H2,1-4H3,(H,22,23). The summed E-state index contributed by atoms with van der Waals surface area (Å²) < 4.78 is 21.9. The van der Waals surface area contributed by atoms with Crippen LogP contribution in [0, 0.1) is 0 Å². The van der Waals surface area contributed by atoms with Crippen LogP contribution >= 0.6 is 0 Å². The van der Waals surface area contributed by atoms with E-state index in [1.807, 2.05) is 13.8 Å². The number of hydrogen-bond donors (Lipinski definition) is 1. The summed E-state index contributed by atoms with van der Waals surface area (Å²) in [6, 6.07) is 10.4. The van der Waals surface area contributed by atoms with Gasteiger partial charge >= 0.3 is 0 Å². The number of amides is 1. The van der Waals surface area contributed by atoms with Crippen molar-refractivity contribution in [3.8, 4) is 23.0 Å². The van der Waals surface area contributed by atoms with Crippen LogP contribution < -0.4 is 24.3 Å². The molecule has 1 N–H and O–H groups in total. The highest BCUT2D eigenvalue weighted by Crippen LogP contribution is 2.31.